The minimum atomic E-state index is -0.387. The van der Waals surface area contributed by atoms with E-state index in [0.29, 0.717) is 5.75 Å². The summed E-state index contributed by atoms with van der Waals surface area (Å²) in [5.74, 6) is 1.10. The first-order chi connectivity index (χ1) is 8.07. The summed E-state index contributed by atoms with van der Waals surface area (Å²) < 4.78 is 5.26. The molecule has 2 rings (SSSR count). The maximum Gasteiger partial charge on any atom is 0.123 e. The molecule has 17 heavy (non-hydrogen) atoms. The number of hydrogen-bond donors (Lipinski definition) is 2. The highest BCUT2D eigenvalue weighted by Gasteiger charge is 2.32. The lowest BCUT2D eigenvalue weighted by Gasteiger charge is -2.34. The minimum Gasteiger partial charge on any atom is -0.507 e. The van der Waals surface area contributed by atoms with Gasteiger partial charge >= 0.3 is 0 Å². The molecule has 0 spiro atoms. The van der Waals surface area contributed by atoms with Crippen molar-refractivity contribution in [3.8, 4) is 11.5 Å². The number of hydrogen-bond acceptors (Lipinski definition) is 3. The monoisotopic (exact) mass is 235 g/mol. The van der Waals surface area contributed by atoms with Gasteiger partial charge in [0.2, 0.25) is 0 Å². The lowest BCUT2D eigenvalue weighted by Crippen LogP contribution is -2.38. The van der Waals surface area contributed by atoms with Crippen LogP contribution in [0.25, 0.3) is 0 Å². The van der Waals surface area contributed by atoms with E-state index in [9.17, 15) is 5.11 Å². The number of ether oxygens (including phenoxy) is 1. The van der Waals surface area contributed by atoms with Gasteiger partial charge in [0, 0.05) is 11.1 Å². The molecule has 1 aromatic rings. The van der Waals surface area contributed by atoms with Gasteiger partial charge in [-0.3, -0.25) is 0 Å². The smallest absolute Gasteiger partial charge is 0.123 e. The average molecular weight is 235 g/mol. The van der Waals surface area contributed by atoms with Crippen LogP contribution in [0.3, 0.4) is 0 Å². The zero-order chi connectivity index (χ0) is 12.5. The molecule has 3 heteroatoms. The number of phenolic OH excluding ortho intramolecular Hbond substituents is 1. The molecule has 94 valence electrons. The van der Waals surface area contributed by atoms with E-state index in [0.717, 1.165) is 42.6 Å². The van der Waals surface area contributed by atoms with Crippen molar-refractivity contribution in [3.05, 3.63) is 23.3 Å². The van der Waals surface area contributed by atoms with Crippen LogP contribution in [0.1, 0.15) is 43.2 Å². The molecule has 0 heterocycles. The molecular weight excluding hydrogens is 214 g/mol. The first-order valence-electron chi connectivity index (χ1n) is 6.24. The highest BCUT2D eigenvalue weighted by molar-refractivity contribution is 5.49. The minimum absolute atomic E-state index is 0.329. The van der Waals surface area contributed by atoms with Crippen LogP contribution in [0.5, 0.6) is 11.5 Å². The van der Waals surface area contributed by atoms with Gasteiger partial charge in [-0.05, 0) is 37.5 Å². The van der Waals surface area contributed by atoms with Crippen molar-refractivity contribution in [1.29, 1.82) is 0 Å². The molecule has 3 N–H and O–H groups in total. The molecule has 0 aliphatic heterocycles. The molecule has 1 fully saturated rings. The summed E-state index contributed by atoms with van der Waals surface area (Å²) in [5, 5.41) is 10.2. The third-order valence-corrected chi connectivity index (χ3v) is 3.79. The van der Waals surface area contributed by atoms with E-state index >= 15 is 0 Å². The molecule has 0 atom stereocenters. The van der Waals surface area contributed by atoms with Crippen LogP contribution in [0, 0.1) is 6.92 Å². The maximum absolute atomic E-state index is 10.2. The van der Waals surface area contributed by atoms with Gasteiger partial charge in [0.05, 0.1) is 7.11 Å². The Labute approximate surface area is 103 Å². The lowest BCUT2D eigenvalue weighted by molar-refractivity contribution is 0.290. The SMILES string of the molecule is COc1cc(C)c(O)c(C2(N)CCCCC2)c1. The number of phenols is 1. The van der Waals surface area contributed by atoms with E-state index in [1.54, 1.807) is 7.11 Å². The lowest BCUT2D eigenvalue weighted by atomic mass is 9.76. The van der Waals surface area contributed by atoms with E-state index in [1.165, 1.54) is 6.42 Å². The molecule has 1 saturated carbocycles. The van der Waals surface area contributed by atoms with E-state index < -0.39 is 0 Å². The summed E-state index contributed by atoms with van der Waals surface area (Å²) in [7, 11) is 1.64. The van der Waals surface area contributed by atoms with Gasteiger partial charge in [-0.1, -0.05) is 19.3 Å². The Bertz CT molecular complexity index is 409. The molecule has 3 nitrogen and oxygen atoms in total. The molecule has 0 saturated heterocycles. The first-order valence-corrected chi connectivity index (χ1v) is 6.24. The van der Waals surface area contributed by atoms with E-state index in [2.05, 4.69) is 0 Å². The van der Waals surface area contributed by atoms with Crippen molar-refractivity contribution in [3.63, 3.8) is 0 Å². The van der Waals surface area contributed by atoms with Gasteiger partial charge in [0.1, 0.15) is 11.5 Å². The Morgan fingerprint density at radius 1 is 1.24 bits per heavy atom. The molecule has 1 aliphatic rings. The largest absolute Gasteiger partial charge is 0.507 e. The van der Waals surface area contributed by atoms with E-state index in [-0.39, 0.29) is 5.54 Å². The Morgan fingerprint density at radius 3 is 2.47 bits per heavy atom. The predicted molar refractivity (Wildman–Crippen MR) is 68.3 cm³/mol. The molecular formula is C14H21NO2. The second kappa shape index (κ2) is 4.57. The summed E-state index contributed by atoms with van der Waals surface area (Å²) in [6.45, 7) is 1.88. The van der Waals surface area contributed by atoms with Gasteiger partial charge in [-0.25, -0.2) is 0 Å². The number of benzene rings is 1. The van der Waals surface area contributed by atoms with Crippen molar-refractivity contribution in [1.82, 2.24) is 0 Å². The van der Waals surface area contributed by atoms with Gasteiger partial charge in [0.25, 0.3) is 0 Å². The van der Waals surface area contributed by atoms with Crippen LogP contribution in [0.2, 0.25) is 0 Å². The summed E-state index contributed by atoms with van der Waals surface area (Å²) in [6.07, 6.45) is 5.38. The highest BCUT2D eigenvalue weighted by Crippen LogP contribution is 2.41. The molecule has 0 amide bonds. The zero-order valence-electron chi connectivity index (χ0n) is 10.6. The number of aryl methyl sites for hydroxylation is 1. The molecule has 1 aliphatic carbocycles. The number of aromatic hydroxyl groups is 1. The highest BCUT2D eigenvalue weighted by atomic mass is 16.5. The standard InChI is InChI=1S/C14H21NO2/c1-10-8-11(17-2)9-12(13(10)16)14(15)6-4-3-5-7-14/h8-9,16H,3-7,15H2,1-2H3. The number of rotatable bonds is 2. The molecule has 1 aromatic carbocycles. The van der Waals surface area contributed by atoms with Crippen molar-refractivity contribution in [2.45, 2.75) is 44.6 Å². The second-order valence-electron chi connectivity index (χ2n) is 5.06. The molecule has 0 bridgehead atoms. The fourth-order valence-corrected chi connectivity index (χ4v) is 2.70. The zero-order valence-corrected chi connectivity index (χ0v) is 10.6. The summed E-state index contributed by atoms with van der Waals surface area (Å²) >= 11 is 0. The Kier molecular flexibility index (Phi) is 3.29. The maximum atomic E-state index is 10.2. The Morgan fingerprint density at radius 2 is 1.88 bits per heavy atom. The number of methoxy groups -OCH3 is 1. The van der Waals surface area contributed by atoms with Crippen LogP contribution < -0.4 is 10.5 Å². The first kappa shape index (κ1) is 12.2. The Balaban J connectivity index is 2.45. The third kappa shape index (κ3) is 2.25. The average Bonchev–Trinajstić information content (AvgIpc) is 2.33. The quantitative estimate of drug-likeness (QED) is 0.828. The van der Waals surface area contributed by atoms with E-state index in [1.807, 2.05) is 19.1 Å². The third-order valence-electron chi connectivity index (χ3n) is 3.79. The van der Waals surface area contributed by atoms with Gasteiger partial charge < -0.3 is 15.6 Å². The van der Waals surface area contributed by atoms with Crippen LogP contribution in [-0.4, -0.2) is 12.2 Å². The van der Waals surface area contributed by atoms with Gasteiger partial charge in [0.15, 0.2) is 0 Å². The normalized spacial score (nSPS) is 19.0. The summed E-state index contributed by atoms with van der Waals surface area (Å²) in [4.78, 5) is 0. The number of nitrogens with two attached hydrogens (primary N) is 1. The van der Waals surface area contributed by atoms with Crippen molar-refractivity contribution in [2.24, 2.45) is 5.73 Å². The fraction of sp³-hybridized carbons (Fsp3) is 0.571. The van der Waals surface area contributed by atoms with E-state index in [4.69, 9.17) is 10.5 Å². The van der Waals surface area contributed by atoms with Crippen molar-refractivity contribution in [2.75, 3.05) is 7.11 Å². The Hall–Kier alpha value is -1.22. The van der Waals surface area contributed by atoms with Crippen LogP contribution in [-0.2, 0) is 5.54 Å². The van der Waals surface area contributed by atoms with Gasteiger partial charge in [-0.2, -0.15) is 0 Å². The predicted octanol–water partition coefficient (Wildman–Crippen LogP) is 2.83. The second-order valence-corrected chi connectivity index (χ2v) is 5.06. The van der Waals surface area contributed by atoms with Gasteiger partial charge in [-0.15, -0.1) is 0 Å². The van der Waals surface area contributed by atoms with Crippen LogP contribution in [0.15, 0.2) is 12.1 Å². The van der Waals surface area contributed by atoms with Crippen LogP contribution in [0.4, 0.5) is 0 Å². The van der Waals surface area contributed by atoms with Crippen molar-refractivity contribution >= 4 is 0 Å². The van der Waals surface area contributed by atoms with Crippen LogP contribution >= 0.6 is 0 Å². The van der Waals surface area contributed by atoms with Crippen molar-refractivity contribution < 1.29 is 9.84 Å². The summed E-state index contributed by atoms with van der Waals surface area (Å²) in [6, 6.07) is 3.72. The molecule has 0 aromatic heterocycles. The summed E-state index contributed by atoms with van der Waals surface area (Å²) in [5.41, 5.74) is 7.74. The topological polar surface area (TPSA) is 55.5 Å². The molecule has 0 unspecified atom stereocenters. The fourth-order valence-electron chi connectivity index (χ4n) is 2.70. The molecule has 0 radical (unpaired) electrons.